The van der Waals surface area contributed by atoms with Crippen LogP contribution in [-0.4, -0.2) is 60.0 Å². The van der Waals surface area contributed by atoms with Gasteiger partial charge in [0.15, 0.2) is 23.0 Å². The molecule has 5 rings (SSSR count). The number of hydrogen-bond acceptors (Lipinski definition) is 6. The minimum atomic E-state index is 0.654. The number of nitrogens with zero attached hydrogens (tertiary/aromatic N) is 4. The van der Waals surface area contributed by atoms with Crippen molar-refractivity contribution in [2.45, 2.75) is 19.3 Å². The highest BCUT2D eigenvalue weighted by Crippen LogP contribution is 2.32. The van der Waals surface area contributed by atoms with Crippen LogP contribution in [0.15, 0.2) is 60.7 Å². The second-order valence-electron chi connectivity index (χ2n) is 8.50. The van der Waals surface area contributed by atoms with Crippen molar-refractivity contribution < 1.29 is 14.2 Å². The summed E-state index contributed by atoms with van der Waals surface area (Å²) >= 11 is 0. The molecule has 0 unspecified atom stereocenters. The molecule has 0 saturated carbocycles. The smallest absolute Gasteiger partial charge is 0.161 e. The second-order valence-corrected chi connectivity index (χ2v) is 8.50. The number of hydrogen-bond donors (Lipinski definition) is 0. The van der Waals surface area contributed by atoms with E-state index in [0.29, 0.717) is 17.9 Å². The Balaban J connectivity index is 1.29. The van der Waals surface area contributed by atoms with Crippen molar-refractivity contribution in [2.24, 2.45) is 0 Å². The van der Waals surface area contributed by atoms with Crippen molar-refractivity contribution in [3.05, 3.63) is 72.1 Å². The van der Waals surface area contributed by atoms with Crippen LogP contribution in [0.25, 0.3) is 16.9 Å². The normalized spacial score (nSPS) is 13.9. The zero-order chi connectivity index (χ0) is 23.3. The molecule has 3 heterocycles. The summed E-state index contributed by atoms with van der Waals surface area (Å²) in [4.78, 5) is 7.20. The Morgan fingerprint density at radius 1 is 0.882 bits per heavy atom. The number of rotatable bonds is 9. The quantitative estimate of drug-likeness (QED) is 0.369. The van der Waals surface area contributed by atoms with Gasteiger partial charge >= 0.3 is 0 Å². The van der Waals surface area contributed by atoms with Gasteiger partial charge in [0, 0.05) is 18.5 Å². The molecule has 0 spiro atoms. The van der Waals surface area contributed by atoms with E-state index in [9.17, 15) is 0 Å². The van der Waals surface area contributed by atoms with Crippen molar-refractivity contribution in [1.82, 2.24) is 19.5 Å². The fraction of sp³-hybridized carbons (Fsp3) is 0.333. The van der Waals surface area contributed by atoms with E-state index in [0.717, 1.165) is 47.2 Å². The first-order chi connectivity index (χ1) is 16.7. The van der Waals surface area contributed by atoms with E-state index in [4.69, 9.17) is 24.3 Å². The Bertz CT molecular complexity index is 1250. The first-order valence-corrected chi connectivity index (χ1v) is 11.7. The Hall–Kier alpha value is -3.58. The third kappa shape index (κ3) is 4.84. The number of aromatic nitrogens is 3. The molecule has 7 nitrogen and oxygen atoms in total. The van der Waals surface area contributed by atoms with Crippen LogP contribution in [0, 0.1) is 0 Å². The van der Waals surface area contributed by atoms with Crippen LogP contribution in [0.5, 0.6) is 17.2 Å². The molecule has 1 fully saturated rings. The number of pyridine rings is 1. The number of methoxy groups -OCH3 is 2. The number of ether oxygens (including phenoxy) is 3. The van der Waals surface area contributed by atoms with Crippen molar-refractivity contribution in [3.63, 3.8) is 0 Å². The van der Waals surface area contributed by atoms with E-state index in [-0.39, 0.29) is 0 Å². The van der Waals surface area contributed by atoms with Crippen LogP contribution in [0.3, 0.4) is 0 Å². The third-order valence-electron chi connectivity index (χ3n) is 6.24. The van der Waals surface area contributed by atoms with E-state index in [2.05, 4.69) is 17.0 Å². The average Bonchev–Trinajstić information content (AvgIpc) is 3.54. The van der Waals surface area contributed by atoms with Gasteiger partial charge in [-0.2, -0.15) is 5.10 Å². The number of likely N-dealkylation sites (tertiary alicyclic amines) is 1. The lowest BCUT2D eigenvalue weighted by Gasteiger charge is -2.14. The molecule has 0 amide bonds. The maximum Gasteiger partial charge on any atom is 0.161 e. The zero-order valence-electron chi connectivity index (χ0n) is 19.7. The predicted octanol–water partition coefficient (Wildman–Crippen LogP) is 4.48. The van der Waals surface area contributed by atoms with E-state index in [1.807, 2.05) is 53.0 Å². The van der Waals surface area contributed by atoms with Crippen LogP contribution in [0.1, 0.15) is 24.2 Å². The summed E-state index contributed by atoms with van der Waals surface area (Å²) in [6.45, 7) is 4.12. The molecule has 0 N–H and O–H groups in total. The molecule has 7 heteroatoms. The third-order valence-corrected chi connectivity index (χ3v) is 6.24. The van der Waals surface area contributed by atoms with Crippen LogP contribution in [-0.2, 0) is 6.42 Å². The molecule has 176 valence electrons. The fourth-order valence-corrected chi connectivity index (χ4v) is 4.42. The minimum Gasteiger partial charge on any atom is -0.493 e. The summed E-state index contributed by atoms with van der Waals surface area (Å²) in [5.74, 6) is 3.05. The molecule has 1 aliphatic rings. The van der Waals surface area contributed by atoms with Gasteiger partial charge in [0.2, 0.25) is 0 Å². The van der Waals surface area contributed by atoms with E-state index in [1.165, 1.54) is 25.9 Å². The van der Waals surface area contributed by atoms with Gasteiger partial charge in [0.05, 0.1) is 19.9 Å². The highest BCUT2D eigenvalue weighted by Gasteiger charge is 2.13. The predicted molar refractivity (Wildman–Crippen MR) is 132 cm³/mol. The van der Waals surface area contributed by atoms with Gasteiger partial charge in [-0.3, -0.25) is 4.90 Å². The van der Waals surface area contributed by atoms with Crippen LogP contribution < -0.4 is 14.2 Å². The lowest BCUT2D eigenvalue weighted by atomic mass is 10.1. The van der Waals surface area contributed by atoms with Crippen molar-refractivity contribution in [2.75, 3.05) is 40.5 Å². The molecular formula is C27H30N4O3. The van der Waals surface area contributed by atoms with E-state index in [1.54, 1.807) is 14.2 Å². The highest BCUT2D eigenvalue weighted by molar-refractivity contribution is 5.66. The van der Waals surface area contributed by atoms with Gasteiger partial charge in [0.25, 0.3) is 0 Å². The second kappa shape index (κ2) is 10.1. The Labute approximate surface area is 199 Å². The molecule has 2 aromatic carbocycles. The van der Waals surface area contributed by atoms with E-state index >= 15 is 0 Å². The van der Waals surface area contributed by atoms with Crippen LogP contribution >= 0.6 is 0 Å². The Kier molecular flexibility index (Phi) is 6.62. The summed E-state index contributed by atoms with van der Waals surface area (Å²) in [6.07, 6.45) is 3.27. The summed E-state index contributed by atoms with van der Waals surface area (Å²) in [5, 5.41) is 4.80. The fourth-order valence-electron chi connectivity index (χ4n) is 4.42. The lowest BCUT2D eigenvalue weighted by molar-refractivity contribution is 0.238. The molecule has 1 aliphatic heterocycles. The minimum absolute atomic E-state index is 0.654. The Morgan fingerprint density at radius 3 is 2.44 bits per heavy atom. The molecule has 4 aromatic rings. The largest absolute Gasteiger partial charge is 0.493 e. The maximum atomic E-state index is 5.93. The van der Waals surface area contributed by atoms with Gasteiger partial charge < -0.3 is 14.2 Å². The molecule has 2 aromatic heterocycles. The zero-order valence-corrected chi connectivity index (χ0v) is 19.7. The summed E-state index contributed by atoms with van der Waals surface area (Å²) in [6, 6.07) is 20.1. The first kappa shape index (κ1) is 22.2. The number of fused-ring (bicyclic) bond motifs is 1. The maximum absolute atomic E-state index is 5.93. The molecule has 1 saturated heterocycles. The van der Waals surface area contributed by atoms with Crippen LogP contribution in [0.4, 0.5) is 0 Å². The first-order valence-electron chi connectivity index (χ1n) is 11.7. The SMILES string of the molecule is COc1ccc(-c2cccc3nc(Cc4ccc(OCCN5CCCC5)cc4)nn23)cc1OC. The summed E-state index contributed by atoms with van der Waals surface area (Å²) in [7, 11) is 3.27. The van der Waals surface area contributed by atoms with Crippen molar-refractivity contribution in [1.29, 1.82) is 0 Å². The summed E-state index contributed by atoms with van der Waals surface area (Å²) in [5.41, 5.74) is 3.88. The van der Waals surface area contributed by atoms with E-state index < -0.39 is 0 Å². The van der Waals surface area contributed by atoms with Gasteiger partial charge in [0.1, 0.15) is 12.4 Å². The molecular weight excluding hydrogens is 428 g/mol. The van der Waals surface area contributed by atoms with Crippen molar-refractivity contribution in [3.8, 4) is 28.5 Å². The summed E-state index contributed by atoms with van der Waals surface area (Å²) < 4.78 is 18.6. The monoisotopic (exact) mass is 458 g/mol. The molecule has 0 bridgehead atoms. The van der Waals surface area contributed by atoms with Gasteiger partial charge in [-0.15, -0.1) is 0 Å². The lowest BCUT2D eigenvalue weighted by Crippen LogP contribution is -2.25. The van der Waals surface area contributed by atoms with Crippen LogP contribution in [0.2, 0.25) is 0 Å². The van der Waals surface area contributed by atoms with Gasteiger partial charge in [-0.1, -0.05) is 18.2 Å². The van der Waals surface area contributed by atoms with Gasteiger partial charge in [-0.25, -0.2) is 9.50 Å². The molecule has 0 aliphatic carbocycles. The van der Waals surface area contributed by atoms with Crippen molar-refractivity contribution >= 4 is 5.65 Å². The molecule has 0 radical (unpaired) electrons. The number of benzene rings is 2. The molecule has 0 atom stereocenters. The molecule has 34 heavy (non-hydrogen) atoms. The van der Waals surface area contributed by atoms with Gasteiger partial charge in [-0.05, 0) is 74.0 Å². The standard InChI is InChI=1S/C27H30N4O3/c1-32-24-13-10-21(19-25(24)33-2)23-6-5-7-27-28-26(29-31(23)27)18-20-8-11-22(12-9-20)34-17-16-30-14-3-4-15-30/h5-13,19H,3-4,14-18H2,1-2H3. The Morgan fingerprint density at radius 2 is 1.68 bits per heavy atom. The topological polar surface area (TPSA) is 61.1 Å². The average molecular weight is 459 g/mol. The highest BCUT2D eigenvalue weighted by atomic mass is 16.5.